The number of ether oxygens (including phenoxy) is 1. The van der Waals surface area contributed by atoms with Crippen LogP contribution in [0.25, 0.3) is 0 Å². The van der Waals surface area contributed by atoms with Gasteiger partial charge >= 0.3 is 0 Å². The largest absolute Gasteiger partial charge is 0.365 e. The lowest BCUT2D eigenvalue weighted by Crippen LogP contribution is -2.29. The number of Topliss-reactive ketones (excluding diaryl/α,β-unsaturated/α-hetero) is 1. The van der Waals surface area contributed by atoms with Crippen LogP contribution in [0.15, 0.2) is 54.6 Å². The number of nitro groups is 1. The fraction of sp³-hybridized carbons (Fsp3) is 0.316. The summed E-state index contributed by atoms with van der Waals surface area (Å²) in [6, 6.07) is 16.2. The standard InChI is InChI=1S/C19H19NO4/c1-13(21)17-11-12-18(14-5-3-2-4-6-14)24-19(17)15-7-9-16(10-8-15)20(22)23/h2-10,17-19H,11-12H2,1H3/t17-,18-,19-/m0/s1. The van der Waals surface area contributed by atoms with Crippen LogP contribution in [0.1, 0.15) is 43.1 Å². The number of non-ortho nitro benzene ring substituents is 1. The van der Waals surface area contributed by atoms with Gasteiger partial charge in [0.15, 0.2) is 0 Å². The van der Waals surface area contributed by atoms with Gasteiger partial charge in [0.05, 0.1) is 17.1 Å². The van der Waals surface area contributed by atoms with Crippen LogP contribution < -0.4 is 0 Å². The van der Waals surface area contributed by atoms with Crippen molar-refractivity contribution in [3.05, 3.63) is 75.8 Å². The van der Waals surface area contributed by atoms with Gasteiger partial charge in [-0.25, -0.2) is 0 Å². The van der Waals surface area contributed by atoms with E-state index < -0.39 is 4.92 Å². The summed E-state index contributed by atoms with van der Waals surface area (Å²) >= 11 is 0. The van der Waals surface area contributed by atoms with E-state index in [-0.39, 0.29) is 29.6 Å². The molecule has 1 aliphatic rings. The SMILES string of the molecule is CC(=O)[C@@H]1CC[C@@H](c2ccccc2)O[C@H]1c1ccc([N+](=O)[O-])cc1. The molecular weight excluding hydrogens is 306 g/mol. The maximum atomic E-state index is 12.0. The Labute approximate surface area is 140 Å². The fourth-order valence-corrected chi connectivity index (χ4v) is 3.25. The Morgan fingerprint density at radius 1 is 1.04 bits per heavy atom. The summed E-state index contributed by atoms with van der Waals surface area (Å²) in [5, 5.41) is 10.8. The Hall–Kier alpha value is -2.53. The summed E-state index contributed by atoms with van der Waals surface area (Å²) in [6.07, 6.45) is 1.10. The second-order valence-electron chi connectivity index (χ2n) is 6.10. The molecule has 2 aromatic carbocycles. The Morgan fingerprint density at radius 3 is 2.29 bits per heavy atom. The molecule has 0 unspecified atom stereocenters. The molecule has 0 saturated carbocycles. The van der Waals surface area contributed by atoms with Gasteiger partial charge in [-0.05, 0) is 43.0 Å². The summed E-state index contributed by atoms with van der Waals surface area (Å²) in [7, 11) is 0. The van der Waals surface area contributed by atoms with Crippen LogP contribution in [0, 0.1) is 16.0 Å². The molecule has 1 fully saturated rings. The lowest BCUT2D eigenvalue weighted by atomic mass is 9.84. The minimum Gasteiger partial charge on any atom is -0.365 e. The molecule has 1 aliphatic heterocycles. The molecule has 0 aromatic heterocycles. The lowest BCUT2D eigenvalue weighted by molar-refractivity contribution is -0.384. The molecule has 0 radical (unpaired) electrons. The van der Waals surface area contributed by atoms with Crippen LogP contribution in [0.4, 0.5) is 5.69 Å². The van der Waals surface area contributed by atoms with Gasteiger partial charge in [-0.1, -0.05) is 30.3 Å². The highest BCUT2D eigenvalue weighted by molar-refractivity contribution is 5.79. The molecule has 0 amide bonds. The molecule has 124 valence electrons. The predicted octanol–water partition coefficient (Wildman–Crippen LogP) is 4.39. The van der Waals surface area contributed by atoms with E-state index in [9.17, 15) is 14.9 Å². The number of hydrogen-bond acceptors (Lipinski definition) is 4. The van der Waals surface area contributed by atoms with Crippen molar-refractivity contribution < 1.29 is 14.5 Å². The smallest absolute Gasteiger partial charge is 0.269 e. The van der Waals surface area contributed by atoms with E-state index in [0.29, 0.717) is 0 Å². The number of nitrogens with zero attached hydrogens (tertiary/aromatic N) is 1. The van der Waals surface area contributed by atoms with Crippen LogP contribution >= 0.6 is 0 Å². The molecule has 1 heterocycles. The Bertz CT molecular complexity index is 727. The highest BCUT2D eigenvalue weighted by atomic mass is 16.6. The average Bonchev–Trinajstić information content (AvgIpc) is 2.62. The summed E-state index contributed by atoms with van der Waals surface area (Å²) in [5.41, 5.74) is 1.93. The number of ketones is 1. The first-order valence-electron chi connectivity index (χ1n) is 8.01. The summed E-state index contributed by atoms with van der Waals surface area (Å²) < 4.78 is 6.24. The van der Waals surface area contributed by atoms with Gasteiger partial charge in [0.2, 0.25) is 0 Å². The first-order valence-corrected chi connectivity index (χ1v) is 8.01. The minimum atomic E-state index is -0.430. The van der Waals surface area contributed by atoms with E-state index in [1.165, 1.54) is 12.1 Å². The van der Waals surface area contributed by atoms with E-state index in [1.807, 2.05) is 30.3 Å². The van der Waals surface area contributed by atoms with Crippen molar-refractivity contribution in [1.29, 1.82) is 0 Å². The highest BCUT2D eigenvalue weighted by Crippen LogP contribution is 2.42. The molecule has 0 bridgehead atoms. The number of benzene rings is 2. The number of carbonyl (C=O) groups excluding carboxylic acids is 1. The second-order valence-corrected chi connectivity index (χ2v) is 6.10. The average molecular weight is 325 g/mol. The Morgan fingerprint density at radius 2 is 1.71 bits per heavy atom. The Balaban J connectivity index is 1.88. The predicted molar refractivity (Wildman–Crippen MR) is 89.5 cm³/mol. The molecule has 5 nitrogen and oxygen atoms in total. The quantitative estimate of drug-likeness (QED) is 0.617. The molecule has 24 heavy (non-hydrogen) atoms. The van der Waals surface area contributed by atoms with Crippen molar-refractivity contribution >= 4 is 11.5 Å². The van der Waals surface area contributed by atoms with Crippen molar-refractivity contribution in [2.75, 3.05) is 0 Å². The van der Waals surface area contributed by atoms with Crippen LogP contribution in [-0.4, -0.2) is 10.7 Å². The van der Waals surface area contributed by atoms with Crippen molar-refractivity contribution in [3.8, 4) is 0 Å². The van der Waals surface area contributed by atoms with E-state index in [1.54, 1.807) is 19.1 Å². The third-order valence-electron chi connectivity index (χ3n) is 4.54. The molecule has 0 N–H and O–H groups in total. The van der Waals surface area contributed by atoms with Crippen LogP contribution in [0.3, 0.4) is 0 Å². The lowest BCUT2D eigenvalue weighted by Gasteiger charge is -2.36. The van der Waals surface area contributed by atoms with E-state index in [4.69, 9.17) is 4.74 Å². The number of nitro benzene ring substituents is 1. The van der Waals surface area contributed by atoms with Gasteiger partial charge in [-0.3, -0.25) is 14.9 Å². The van der Waals surface area contributed by atoms with Crippen LogP contribution in [0.5, 0.6) is 0 Å². The molecule has 5 heteroatoms. The monoisotopic (exact) mass is 325 g/mol. The topological polar surface area (TPSA) is 69.4 Å². The van der Waals surface area contributed by atoms with Crippen molar-refractivity contribution in [2.45, 2.75) is 32.0 Å². The molecule has 1 saturated heterocycles. The van der Waals surface area contributed by atoms with Crippen LogP contribution in [-0.2, 0) is 9.53 Å². The first-order chi connectivity index (χ1) is 11.6. The molecule has 2 aromatic rings. The second kappa shape index (κ2) is 6.93. The third-order valence-corrected chi connectivity index (χ3v) is 4.54. The van der Waals surface area contributed by atoms with Crippen molar-refractivity contribution in [1.82, 2.24) is 0 Å². The fourth-order valence-electron chi connectivity index (χ4n) is 3.25. The van der Waals surface area contributed by atoms with Crippen molar-refractivity contribution in [3.63, 3.8) is 0 Å². The normalized spacial score (nSPS) is 23.6. The van der Waals surface area contributed by atoms with Gasteiger partial charge in [-0.2, -0.15) is 0 Å². The molecule has 0 spiro atoms. The van der Waals surface area contributed by atoms with E-state index >= 15 is 0 Å². The van der Waals surface area contributed by atoms with Gasteiger partial charge in [-0.15, -0.1) is 0 Å². The number of carbonyl (C=O) groups is 1. The van der Waals surface area contributed by atoms with Gasteiger partial charge in [0.25, 0.3) is 5.69 Å². The summed E-state index contributed by atoms with van der Waals surface area (Å²) in [4.78, 5) is 22.4. The zero-order valence-electron chi connectivity index (χ0n) is 13.4. The summed E-state index contributed by atoms with van der Waals surface area (Å²) in [6.45, 7) is 1.58. The highest BCUT2D eigenvalue weighted by Gasteiger charge is 2.35. The minimum absolute atomic E-state index is 0.0357. The maximum absolute atomic E-state index is 12.0. The molecule has 3 rings (SSSR count). The zero-order chi connectivity index (χ0) is 17.1. The first kappa shape index (κ1) is 16.3. The van der Waals surface area contributed by atoms with Crippen molar-refractivity contribution in [2.24, 2.45) is 5.92 Å². The number of hydrogen-bond donors (Lipinski definition) is 0. The zero-order valence-corrected chi connectivity index (χ0v) is 13.4. The molecule has 3 atom stereocenters. The Kier molecular flexibility index (Phi) is 4.71. The van der Waals surface area contributed by atoms with Crippen LogP contribution in [0.2, 0.25) is 0 Å². The number of rotatable bonds is 4. The molecule has 0 aliphatic carbocycles. The molecular formula is C19H19NO4. The van der Waals surface area contributed by atoms with Gasteiger partial charge in [0.1, 0.15) is 5.78 Å². The van der Waals surface area contributed by atoms with Gasteiger partial charge < -0.3 is 4.74 Å². The third kappa shape index (κ3) is 3.36. The van der Waals surface area contributed by atoms with Gasteiger partial charge in [0, 0.05) is 18.1 Å². The van der Waals surface area contributed by atoms with E-state index in [2.05, 4.69) is 0 Å². The maximum Gasteiger partial charge on any atom is 0.269 e. The summed E-state index contributed by atoms with van der Waals surface area (Å²) in [5.74, 6) is -0.128. The van der Waals surface area contributed by atoms with E-state index in [0.717, 1.165) is 24.0 Å².